The molecule has 0 atom stereocenters. The van der Waals surface area contributed by atoms with E-state index in [9.17, 15) is 8.78 Å². The lowest BCUT2D eigenvalue weighted by Crippen LogP contribution is -2.44. The fraction of sp³-hybridized carbons (Fsp3) is 0.650. The summed E-state index contributed by atoms with van der Waals surface area (Å²) < 4.78 is 35.8. The fourth-order valence-electron chi connectivity index (χ4n) is 2.92. The third kappa shape index (κ3) is 10.8. The molecule has 0 aliphatic rings. The zero-order valence-corrected chi connectivity index (χ0v) is 20.6. The smallest absolute Gasteiger partial charge is 0.387 e. The molecule has 0 unspecified atom stereocenters. The summed E-state index contributed by atoms with van der Waals surface area (Å²) in [6, 6.07) is 5.07. The van der Waals surface area contributed by atoms with E-state index in [1.54, 1.807) is 25.1 Å². The van der Waals surface area contributed by atoms with Crippen LogP contribution in [0.15, 0.2) is 23.2 Å². The van der Waals surface area contributed by atoms with Gasteiger partial charge in [-0.15, -0.1) is 24.0 Å². The Balaban J connectivity index is 0.00000784. The van der Waals surface area contributed by atoms with E-state index in [4.69, 9.17) is 9.47 Å². The lowest BCUT2D eigenvalue weighted by molar-refractivity contribution is -0.0520. The molecule has 1 aromatic rings. The summed E-state index contributed by atoms with van der Waals surface area (Å²) in [4.78, 5) is 6.67. The van der Waals surface area contributed by atoms with Gasteiger partial charge in [0, 0.05) is 25.2 Å². The maximum Gasteiger partial charge on any atom is 0.387 e. The van der Waals surface area contributed by atoms with Crippen molar-refractivity contribution < 1.29 is 18.3 Å². The van der Waals surface area contributed by atoms with E-state index in [0.717, 1.165) is 13.1 Å². The second-order valence-corrected chi connectivity index (χ2v) is 7.51. The normalized spacial score (nSPS) is 12.0. The summed E-state index contributed by atoms with van der Waals surface area (Å²) in [6.45, 7) is 8.06. The van der Waals surface area contributed by atoms with E-state index in [1.807, 2.05) is 21.0 Å². The van der Waals surface area contributed by atoms with Gasteiger partial charge in [-0.1, -0.05) is 26.0 Å². The van der Waals surface area contributed by atoms with Crippen LogP contribution in [0.4, 0.5) is 8.78 Å². The van der Waals surface area contributed by atoms with Crippen LogP contribution in [-0.2, 0) is 6.54 Å². The van der Waals surface area contributed by atoms with E-state index < -0.39 is 6.61 Å². The van der Waals surface area contributed by atoms with Crippen LogP contribution in [0.2, 0.25) is 0 Å². The number of nitrogens with zero attached hydrogens (tertiary/aromatic N) is 2. The Kier molecular flexibility index (Phi) is 13.1. The highest BCUT2D eigenvalue weighted by molar-refractivity contribution is 14.0. The van der Waals surface area contributed by atoms with E-state index >= 15 is 0 Å². The van der Waals surface area contributed by atoms with Crippen molar-refractivity contribution >= 4 is 29.9 Å². The summed E-state index contributed by atoms with van der Waals surface area (Å²) in [6.07, 6.45) is 0. The van der Waals surface area contributed by atoms with Crippen LogP contribution < -0.4 is 20.1 Å². The SMILES string of the molecule is CCNC(=NCc1cccc(OCC)c1OC(F)F)NCC(C)(C)CN(C)C.I. The van der Waals surface area contributed by atoms with Crippen LogP contribution in [0.1, 0.15) is 33.3 Å². The van der Waals surface area contributed by atoms with Crippen molar-refractivity contribution in [3.63, 3.8) is 0 Å². The van der Waals surface area contributed by atoms with Crippen LogP contribution in [0.5, 0.6) is 11.5 Å². The van der Waals surface area contributed by atoms with Crippen molar-refractivity contribution in [2.45, 2.75) is 40.9 Å². The minimum Gasteiger partial charge on any atom is -0.490 e. The number of hydrogen-bond acceptors (Lipinski definition) is 4. The first-order valence-corrected chi connectivity index (χ1v) is 9.55. The molecule has 0 fully saturated rings. The molecule has 0 bridgehead atoms. The van der Waals surface area contributed by atoms with Gasteiger partial charge in [-0.25, -0.2) is 4.99 Å². The molecule has 6 nitrogen and oxygen atoms in total. The van der Waals surface area contributed by atoms with Gasteiger partial charge in [0.15, 0.2) is 17.5 Å². The second kappa shape index (κ2) is 13.8. The van der Waals surface area contributed by atoms with Crippen molar-refractivity contribution in [1.82, 2.24) is 15.5 Å². The van der Waals surface area contributed by atoms with Gasteiger partial charge in [-0.3, -0.25) is 0 Å². The van der Waals surface area contributed by atoms with Crippen molar-refractivity contribution in [3.8, 4) is 11.5 Å². The summed E-state index contributed by atoms with van der Waals surface area (Å²) in [7, 11) is 4.08. The quantitative estimate of drug-likeness (QED) is 0.259. The maximum absolute atomic E-state index is 12.9. The molecule has 0 aromatic heterocycles. The predicted molar refractivity (Wildman–Crippen MR) is 125 cm³/mol. The molecule has 1 aromatic carbocycles. The molecule has 168 valence electrons. The first-order valence-electron chi connectivity index (χ1n) is 9.55. The highest BCUT2D eigenvalue weighted by Gasteiger charge is 2.19. The van der Waals surface area contributed by atoms with Crippen molar-refractivity contribution in [1.29, 1.82) is 0 Å². The average Bonchev–Trinajstić information content (AvgIpc) is 2.58. The molecule has 0 saturated carbocycles. The van der Waals surface area contributed by atoms with Crippen molar-refractivity contribution in [2.75, 3.05) is 40.3 Å². The zero-order valence-electron chi connectivity index (χ0n) is 18.2. The molecular formula is C20H35F2IN4O2. The Hall–Kier alpha value is -1.36. The van der Waals surface area contributed by atoms with E-state index in [0.29, 0.717) is 30.4 Å². The summed E-state index contributed by atoms with van der Waals surface area (Å²) in [5.41, 5.74) is 0.578. The molecule has 0 heterocycles. The molecule has 0 spiro atoms. The summed E-state index contributed by atoms with van der Waals surface area (Å²) in [5, 5.41) is 6.51. The van der Waals surface area contributed by atoms with Gasteiger partial charge in [0.1, 0.15) is 0 Å². The lowest BCUT2D eigenvalue weighted by atomic mass is 9.93. The number of alkyl halides is 2. The lowest BCUT2D eigenvalue weighted by Gasteiger charge is -2.29. The Morgan fingerprint density at radius 3 is 2.45 bits per heavy atom. The number of para-hydroxylation sites is 1. The van der Waals surface area contributed by atoms with Gasteiger partial charge in [0.05, 0.1) is 13.2 Å². The van der Waals surface area contributed by atoms with Gasteiger partial charge in [0.2, 0.25) is 0 Å². The second-order valence-electron chi connectivity index (χ2n) is 7.51. The van der Waals surface area contributed by atoms with E-state index in [1.165, 1.54) is 0 Å². The van der Waals surface area contributed by atoms with Crippen LogP contribution in [0.3, 0.4) is 0 Å². The minimum absolute atomic E-state index is 0. The van der Waals surface area contributed by atoms with Crippen molar-refractivity contribution in [3.05, 3.63) is 23.8 Å². The maximum atomic E-state index is 12.9. The standard InChI is InChI=1S/C20H34F2N4O2.HI/c1-7-23-19(25-13-20(3,4)14-26(5)6)24-12-15-10-9-11-16(27-8-2)17(15)28-18(21)22;/h9-11,18H,7-8,12-14H2,1-6H3,(H2,23,24,25);1H. The Morgan fingerprint density at radius 1 is 1.21 bits per heavy atom. The molecule has 2 N–H and O–H groups in total. The molecular weight excluding hydrogens is 493 g/mol. The Morgan fingerprint density at radius 2 is 1.90 bits per heavy atom. The summed E-state index contributed by atoms with van der Waals surface area (Å²) >= 11 is 0. The van der Waals surface area contributed by atoms with Gasteiger partial charge in [-0.05, 0) is 39.4 Å². The molecule has 0 amide bonds. The molecule has 29 heavy (non-hydrogen) atoms. The topological polar surface area (TPSA) is 58.1 Å². The number of rotatable bonds is 11. The van der Waals surface area contributed by atoms with Gasteiger partial charge in [0.25, 0.3) is 0 Å². The molecule has 9 heteroatoms. The average molecular weight is 528 g/mol. The minimum atomic E-state index is -2.93. The highest BCUT2D eigenvalue weighted by atomic mass is 127. The van der Waals surface area contributed by atoms with Crippen LogP contribution in [-0.4, -0.2) is 57.8 Å². The van der Waals surface area contributed by atoms with Gasteiger partial charge in [-0.2, -0.15) is 8.78 Å². The number of aliphatic imine (C=N–C) groups is 1. The number of nitrogens with one attached hydrogen (secondary N) is 2. The first-order chi connectivity index (χ1) is 13.2. The van der Waals surface area contributed by atoms with E-state index in [2.05, 4.69) is 34.4 Å². The van der Waals surface area contributed by atoms with Gasteiger partial charge < -0.3 is 25.0 Å². The number of benzene rings is 1. The number of halogens is 3. The highest BCUT2D eigenvalue weighted by Crippen LogP contribution is 2.33. The zero-order chi connectivity index (χ0) is 21.2. The van der Waals surface area contributed by atoms with Crippen LogP contribution >= 0.6 is 24.0 Å². The molecule has 0 radical (unpaired) electrons. The van der Waals surface area contributed by atoms with Crippen LogP contribution in [0, 0.1) is 5.41 Å². The van der Waals surface area contributed by atoms with Gasteiger partial charge >= 0.3 is 6.61 Å². The van der Waals surface area contributed by atoms with E-state index in [-0.39, 0.29) is 41.7 Å². The fourth-order valence-corrected chi connectivity index (χ4v) is 2.92. The number of guanidine groups is 1. The molecule has 0 aliphatic carbocycles. The monoisotopic (exact) mass is 528 g/mol. The number of ether oxygens (including phenoxy) is 2. The molecule has 0 saturated heterocycles. The summed E-state index contributed by atoms with van der Waals surface area (Å²) in [5.74, 6) is 0.951. The largest absolute Gasteiger partial charge is 0.490 e. The Labute approximate surface area is 190 Å². The molecule has 1 rings (SSSR count). The molecule has 0 aliphatic heterocycles. The third-order valence-electron chi connectivity index (χ3n) is 3.80. The van der Waals surface area contributed by atoms with Crippen LogP contribution in [0.25, 0.3) is 0 Å². The predicted octanol–water partition coefficient (Wildman–Crippen LogP) is 3.95. The Bertz CT molecular complexity index is 628. The van der Waals surface area contributed by atoms with Crippen molar-refractivity contribution in [2.24, 2.45) is 10.4 Å². The third-order valence-corrected chi connectivity index (χ3v) is 3.80. The first kappa shape index (κ1) is 27.6. The number of hydrogen-bond donors (Lipinski definition) is 2.